The van der Waals surface area contributed by atoms with E-state index in [9.17, 15) is 5.11 Å². The fourth-order valence-electron chi connectivity index (χ4n) is 2.32. The fourth-order valence-corrected chi connectivity index (χ4v) is 2.32. The molecule has 2 N–H and O–H groups in total. The van der Waals surface area contributed by atoms with E-state index in [-0.39, 0.29) is 6.04 Å². The zero-order valence-corrected chi connectivity index (χ0v) is 14.0. The second-order valence-corrected chi connectivity index (χ2v) is 5.78. The van der Waals surface area contributed by atoms with Crippen LogP contribution in [0.3, 0.4) is 0 Å². The van der Waals surface area contributed by atoms with Gasteiger partial charge in [0.1, 0.15) is 0 Å². The Morgan fingerprint density at radius 1 is 1.39 bits per heavy atom. The predicted molar refractivity (Wildman–Crippen MR) is 91.7 cm³/mol. The van der Waals surface area contributed by atoms with Gasteiger partial charge in [-0.3, -0.25) is 0 Å². The van der Waals surface area contributed by atoms with E-state index in [0.717, 1.165) is 25.1 Å². The summed E-state index contributed by atoms with van der Waals surface area (Å²) in [6.45, 7) is 5.84. The van der Waals surface area contributed by atoms with Crippen LogP contribution in [0, 0.1) is 0 Å². The maximum Gasteiger partial charge on any atom is 0.0991 e. The first kappa shape index (κ1) is 17.7. The van der Waals surface area contributed by atoms with Crippen LogP contribution in [0.4, 0.5) is 0 Å². The van der Waals surface area contributed by atoms with E-state index in [1.807, 2.05) is 22.9 Å². The Morgan fingerprint density at radius 2 is 2.26 bits per heavy atom. The second-order valence-electron chi connectivity index (χ2n) is 5.78. The topological polar surface area (TPSA) is 59.3 Å². The Labute approximate surface area is 138 Å². The minimum atomic E-state index is -0.480. The third kappa shape index (κ3) is 5.78. The first-order valence-electron chi connectivity index (χ1n) is 8.28. The first-order valence-corrected chi connectivity index (χ1v) is 8.28. The van der Waals surface area contributed by atoms with Crippen molar-refractivity contribution in [3.05, 3.63) is 48.5 Å². The molecule has 0 aliphatic rings. The lowest BCUT2D eigenvalue weighted by Crippen LogP contribution is -2.32. The van der Waals surface area contributed by atoms with Crippen LogP contribution in [0.25, 0.3) is 5.69 Å². The maximum absolute atomic E-state index is 9.95. The molecule has 2 aromatic rings. The van der Waals surface area contributed by atoms with E-state index in [4.69, 9.17) is 4.74 Å². The summed E-state index contributed by atoms with van der Waals surface area (Å²) in [6, 6.07) is 8.46. The minimum absolute atomic E-state index is 0.156. The van der Waals surface area contributed by atoms with Gasteiger partial charge in [0, 0.05) is 37.3 Å². The third-order valence-corrected chi connectivity index (χ3v) is 3.78. The van der Waals surface area contributed by atoms with Gasteiger partial charge in [0.05, 0.1) is 19.0 Å². The zero-order valence-electron chi connectivity index (χ0n) is 14.0. The van der Waals surface area contributed by atoms with Crippen molar-refractivity contribution in [3.63, 3.8) is 0 Å². The van der Waals surface area contributed by atoms with Crippen LogP contribution in [-0.4, -0.2) is 40.5 Å². The zero-order chi connectivity index (χ0) is 16.5. The molecule has 2 rings (SSSR count). The Morgan fingerprint density at radius 3 is 3.00 bits per heavy atom. The normalized spacial score (nSPS) is 13.9. The van der Waals surface area contributed by atoms with Crippen molar-refractivity contribution >= 4 is 0 Å². The highest BCUT2D eigenvalue weighted by Crippen LogP contribution is 2.16. The van der Waals surface area contributed by atoms with Crippen LogP contribution < -0.4 is 5.32 Å². The second kappa shape index (κ2) is 9.45. The number of aromatic nitrogens is 2. The van der Waals surface area contributed by atoms with Gasteiger partial charge in [-0.05, 0) is 31.0 Å². The smallest absolute Gasteiger partial charge is 0.0991 e. The lowest BCUT2D eigenvalue weighted by Gasteiger charge is -2.18. The number of hydrogen-bond donors (Lipinski definition) is 2. The SMILES string of the molecule is CCCCOC[C@H](O)CN[C@H](C)c1cccc(-n2ccnc2)c1. The summed E-state index contributed by atoms with van der Waals surface area (Å²) in [5.41, 5.74) is 2.26. The van der Waals surface area contributed by atoms with Crippen molar-refractivity contribution in [2.24, 2.45) is 0 Å². The van der Waals surface area contributed by atoms with E-state index >= 15 is 0 Å². The van der Waals surface area contributed by atoms with Crippen LogP contribution >= 0.6 is 0 Å². The van der Waals surface area contributed by atoms with Gasteiger partial charge in [-0.15, -0.1) is 0 Å². The number of hydrogen-bond acceptors (Lipinski definition) is 4. The highest BCUT2D eigenvalue weighted by molar-refractivity contribution is 5.36. The summed E-state index contributed by atoms with van der Waals surface area (Å²) in [6.07, 6.45) is 7.15. The fraction of sp³-hybridized carbons (Fsp3) is 0.500. The maximum atomic E-state index is 9.95. The Bertz CT molecular complexity index is 557. The Hall–Kier alpha value is -1.69. The third-order valence-electron chi connectivity index (χ3n) is 3.78. The molecule has 5 heteroatoms. The molecular weight excluding hydrogens is 290 g/mol. The molecule has 23 heavy (non-hydrogen) atoms. The summed E-state index contributed by atoms with van der Waals surface area (Å²) in [7, 11) is 0. The molecule has 1 heterocycles. The van der Waals surface area contributed by atoms with Gasteiger partial charge < -0.3 is 19.7 Å². The number of aliphatic hydroxyl groups is 1. The van der Waals surface area contributed by atoms with Crippen molar-refractivity contribution in [2.75, 3.05) is 19.8 Å². The largest absolute Gasteiger partial charge is 0.389 e. The van der Waals surface area contributed by atoms with Crippen LogP contribution in [0.1, 0.15) is 38.3 Å². The molecule has 1 aromatic heterocycles. The van der Waals surface area contributed by atoms with E-state index in [2.05, 4.69) is 36.3 Å². The van der Waals surface area contributed by atoms with Gasteiger partial charge >= 0.3 is 0 Å². The van der Waals surface area contributed by atoms with E-state index < -0.39 is 6.10 Å². The molecule has 126 valence electrons. The van der Waals surface area contributed by atoms with E-state index in [0.29, 0.717) is 13.2 Å². The monoisotopic (exact) mass is 317 g/mol. The lowest BCUT2D eigenvalue weighted by molar-refractivity contribution is 0.0348. The van der Waals surface area contributed by atoms with E-state index in [1.54, 1.807) is 12.5 Å². The standard InChI is InChI=1S/C18H27N3O2/c1-3-4-10-23-13-18(22)12-20-15(2)16-6-5-7-17(11-16)21-9-8-19-14-21/h5-9,11,14-15,18,20,22H,3-4,10,12-13H2,1-2H3/t15-,18-/m1/s1. The van der Waals surface area contributed by atoms with Crippen LogP contribution in [0.2, 0.25) is 0 Å². The van der Waals surface area contributed by atoms with Crippen LogP contribution in [0.15, 0.2) is 43.0 Å². The average Bonchev–Trinajstić information content (AvgIpc) is 3.11. The summed E-state index contributed by atoms with van der Waals surface area (Å²) < 4.78 is 7.42. The van der Waals surface area contributed by atoms with Gasteiger partial charge in [0.2, 0.25) is 0 Å². The summed E-state index contributed by atoms with van der Waals surface area (Å²) in [5.74, 6) is 0. The summed E-state index contributed by atoms with van der Waals surface area (Å²) in [5, 5.41) is 13.3. The molecule has 0 saturated carbocycles. The number of nitrogens with zero attached hydrogens (tertiary/aromatic N) is 2. The molecule has 0 amide bonds. The molecule has 5 nitrogen and oxygen atoms in total. The molecule has 0 saturated heterocycles. The Kier molecular flexibility index (Phi) is 7.26. The van der Waals surface area contributed by atoms with Gasteiger partial charge in [0.25, 0.3) is 0 Å². The number of unbranched alkanes of at least 4 members (excludes halogenated alkanes) is 1. The predicted octanol–water partition coefficient (Wildman–Crippen LogP) is 2.70. The average molecular weight is 317 g/mol. The quantitative estimate of drug-likeness (QED) is 0.662. The highest BCUT2D eigenvalue weighted by Gasteiger charge is 2.10. The molecule has 2 atom stereocenters. The summed E-state index contributed by atoms with van der Waals surface area (Å²) in [4.78, 5) is 4.07. The molecule has 0 aliphatic carbocycles. The van der Waals surface area contributed by atoms with Gasteiger partial charge in [-0.25, -0.2) is 4.98 Å². The number of benzene rings is 1. The van der Waals surface area contributed by atoms with Crippen molar-refractivity contribution in [1.29, 1.82) is 0 Å². The van der Waals surface area contributed by atoms with Crippen LogP contribution in [0.5, 0.6) is 0 Å². The number of rotatable bonds is 10. The molecule has 0 radical (unpaired) electrons. The number of ether oxygens (including phenoxy) is 1. The number of aliphatic hydroxyl groups excluding tert-OH is 1. The minimum Gasteiger partial charge on any atom is -0.389 e. The molecular formula is C18H27N3O2. The number of nitrogens with one attached hydrogen (secondary N) is 1. The molecule has 0 unspecified atom stereocenters. The summed E-state index contributed by atoms with van der Waals surface area (Å²) >= 11 is 0. The van der Waals surface area contributed by atoms with Crippen LogP contribution in [-0.2, 0) is 4.74 Å². The van der Waals surface area contributed by atoms with Crippen molar-refractivity contribution in [1.82, 2.24) is 14.9 Å². The van der Waals surface area contributed by atoms with Gasteiger partial charge in [-0.1, -0.05) is 25.5 Å². The Balaban J connectivity index is 1.81. The number of imidazole rings is 1. The van der Waals surface area contributed by atoms with Gasteiger partial charge in [0.15, 0.2) is 0 Å². The van der Waals surface area contributed by atoms with Crippen molar-refractivity contribution in [2.45, 2.75) is 38.8 Å². The first-order chi connectivity index (χ1) is 11.2. The molecule has 1 aromatic carbocycles. The highest BCUT2D eigenvalue weighted by atomic mass is 16.5. The molecule has 0 bridgehead atoms. The molecule has 0 spiro atoms. The van der Waals surface area contributed by atoms with Gasteiger partial charge in [-0.2, -0.15) is 0 Å². The van der Waals surface area contributed by atoms with E-state index in [1.165, 1.54) is 5.56 Å². The molecule has 0 fully saturated rings. The lowest BCUT2D eigenvalue weighted by atomic mass is 10.1. The molecule has 0 aliphatic heterocycles. The van der Waals surface area contributed by atoms with Crippen molar-refractivity contribution in [3.8, 4) is 5.69 Å². The van der Waals surface area contributed by atoms with Crippen molar-refractivity contribution < 1.29 is 9.84 Å².